The first-order chi connectivity index (χ1) is 25.6. The van der Waals surface area contributed by atoms with Crippen molar-refractivity contribution in [3.8, 4) is 44.5 Å². The molecule has 0 aliphatic carbocycles. The summed E-state index contributed by atoms with van der Waals surface area (Å²) in [6, 6.07) is 67.8. The van der Waals surface area contributed by atoms with Gasteiger partial charge in [0, 0.05) is 0 Å². The lowest BCUT2D eigenvalue weighted by molar-refractivity contribution is 1.47. The molecule has 0 fully saturated rings. The first-order valence-electron chi connectivity index (χ1n) is 18.2. The molecule has 0 heteroatoms. The van der Waals surface area contributed by atoms with Gasteiger partial charge in [0.2, 0.25) is 0 Å². The first-order valence-corrected chi connectivity index (χ1v) is 18.2. The average Bonchev–Trinajstić information content (AvgIpc) is 3.20. The van der Waals surface area contributed by atoms with Crippen LogP contribution in [0.4, 0.5) is 0 Å². The summed E-state index contributed by atoms with van der Waals surface area (Å²) >= 11 is 0. The largest absolute Gasteiger partial charge is 0.0622 e. The van der Waals surface area contributed by atoms with E-state index in [1.807, 2.05) is 0 Å². The Morgan fingerprint density at radius 1 is 0.250 bits per heavy atom. The lowest BCUT2D eigenvalue weighted by atomic mass is 9.85. The van der Waals surface area contributed by atoms with Crippen molar-refractivity contribution in [1.29, 1.82) is 0 Å². The van der Waals surface area contributed by atoms with Crippen molar-refractivity contribution in [1.82, 2.24) is 0 Å². The fraction of sp³-hybridized carbons (Fsp3) is 0.0385. The molecule has 0 N–H and O–H groups in total. The number of hydrogen-bond donors (Lipinski definition) is 0. The second-order valence-corrected chi connectivity index (χ2v) is 14.3. The summed E-state index contributed by atoms with van der Waals surface area (Å²) in [5, 5.41) is 12.8. The lowest BCUT2D eigenvalue weighted by Gasteiger charge is -2.18. The van der Waals surface area contributed by atoms with Gasteiger partial charge < -0.3 is 0 Å². The first kappa shape index (κ1) is 30.3. The lowest BCUT2D eigenvalue weighted by Crippen LogP contribution is -1.91. The van der Waals surface area contributed by atoms with Crippen LogP contribution in [0.15, 0.2) is 182 Å². The second-order valence-electron chi connectivity index (χ2n) is 14.3. The molecule has 0 spiro atoms. The van der Waals surface area contributed by atoms with Crippen LogP contribution in [0.3, 0.4) is 0 Å². The minimum atomic E-state index is 1.23. The molecule has 0 amide bonds. The molecule has 0 aromatic heterocycles. The van der Waals surface area contributed by atoms with E-state index in [1.165, 1.54) is 109 Å². The van der Waals surface area contributed by atoms with Crippen molar-refractivity contribution in [2.24, 2.45) is 0 Å². The van der Waals surface area contributed by atoms with Crippen molar-refractivity contribution >= 4 is 53.9 Å². The number of benzene rings is 10. The van der Waals surface area contributed by atoms with Gasteiger partial charge in [0.25, 0.3) is 0 Å². The molecule has 0 unspecified atom stereocenters. The highest BCUT2D eigenvalue weighted by Gasteiger charge is 2.18. The van der Waals surface area contributed by atoms with Crippen molar-refractivity contribution in [3.63, 3.8) is 0 Å². The van der Waals surface area contributed by atoms with Gasteiger partial charge in [-0.15, -0.1) is 0 Å². The molecule has 0 aliphatic heterocycles. The average molecular weight is 661 g/mol. The Labute approximate surface area is 304 Å². The SMILES string of the molecule is Cc1ccc(-c2cc3ccc4ccc5cc(-c6ccc(C)cc6)c6cc(-c7ccccc7)ccc6c5c4c3c3ccc(-c4ccccc4)cc23)cc1. The zero-order chi connectivity index (χ0) is 34.8. The van der Waals surface area contributed by atoms with Crippen molar-refractivity contribution in [2.45, 2.75) is 13.8 Å². The van der Waals surface area contributed by atoms with Crippen LogP contribution >= 0.6 is 0 Å². The topological polar surface area (TPSA) is 0 Å². The zero-order valence-electron chi connectivity index (χ0n) is 29.3. The summed E-state index contributed by atoms with van der Waals surface area (Å²) in [5.41, 5.74) is 12.5. The molecule has 10 rings (SSSR count). The van der Waals surface area contributed by atoms with E-state index in [1.54, 1.807) is 0 Å². The van der Waals surface area contributed by atoms with E-state index in [-0.39, 0.29) is 0 Å². The third kappa shape index (κ3) is 4.99. The molecule has 0 aliphatic rings. The minimum Gasteiger partial charge on any atom is -0.0622 e. The summed E-state index contributed by atoms with van der Waals surface area (Å²) in [6.07, 6.45) is 0. The summed E-state index contributed by atoms with van der Waals surface area (Å²) in [6.45, 7) is 4.31. The fourth-order valence-electron chi connectivity index (χ4n) is 8.27. The quantitative estimate of drug-likeness (QED) is 0.165. The maximum atomic E-state index is 2.42. The van der Waals surface area contributed by atoms with Crippen LogP contribution in [0.25, 0.3) is 98.4 Å². The molecule has 10 aromatic rings. The monoisotopic (exact) mass is 660 g/mol. The third-order valence-corrected chi connectivity index (χ3v) is 10.9. The highest BCUT2D eigenvalue weighted by Crippen LogP contribution is 2.45. The van der Waals surface area contributed by atoms with Crippen LogP contribution in [0.1, 0.15) is 11.1 Å². The van der Waals surface area contributed by atoms with Gasteiger partial charge in [-0.05, 0) is 136 Å². The molecule has 0 saturated heterocycles. The summed E-state index contributed by atoms with van der Waals surface area (Å²) in [4.78, 5) is 0. The van der Waals surface area contributed by atoms with Crippen molar-refractivity contribution < 1.29 is 0 Å². The Morgan fingerprint density at radius 3 is 1.06 bits per heavy atom. The van der Waals surface area contributed by atoms with E-state index < -0.39 is 0 Å². The predicted octanol–water partition coefficient (Wildman–Crippen LogP) is 14.7. The zero-order valence-corrected chi connectivity index (χ0v) is 29.3. The van der Waals surface area contributed by atoms with E-state index in [4.69, 9.17) is 0 Å². The number of hydrogen-bond acceptors (Lipinski definition) is 0. The number of rotatable bonds is 4. The molecule has 0 atom stereocenters. The Kier molecular flexibility index (Phi) is 7.05. The summed E-state index contributed by atoms with van der Waals surface area (Å²) in [5.74, 6) is 0. The van der Waals surface area contributed by atoms with Gasteiger partial charge in [0.15, 0.2) is 0 Å². The number of fused-ring (bicyclic) bond motifs is 9. The van der Waals surface area contributed by atoms with Gasteiger partial charge in [-0.3, -0.25) is 0 Å². The van der Waals surface area contributed by atoms with Gasteiger partial charge in [0.1, 0.15) is 0 Å². The molecule has 0 bridgehead atoms. The van der Waals surface area contributed by atoms with Gasteiger partial charge in [-0.25, -0.2) is 0 Å². The van der Waals surface area contributed by atoms with Gasteiger partial charge in [-0.2, -0.15) is 0 Å². The molecular weight excluding hydrogens is 625 g/mol. The standard InChI is InChI=1S/C52H36/c1-33-13-17-37(18-14-33)46-31-42-23-21-39-22-24-43-32-47(38-19-15-34(2)16-20-38)49-30-41(36-11-7-4-8-12-36)26-28-45(49)51(43)52(39)50(42)44-27-25-40(29-48(44)46)35-9-5-3-6-10-35/h3-32H,1-2H3. The minimum absolute atomic E-state index is 1.23. The summed E-state index contributed by atoms with van der Waals surface area (Å²) < 4.78 is 0. The smallest absolute Gasteiger partial charge is 0.00143 e. The van der Waals surface area contributed by atoms with Crippen LogP contribution in [-0.2, 0) is 0 Å². The Morgan fingerprint density at radius 2 is 0.635 bits per heavy atom. The van der Waals surface area contributed by atoms with Crippen molar-refractivity contribution in [3.05, 3.63) is 193 Å². The highest BCUT2D eigenvalue weighted by atomic mass is 14.2. The van der Waals surface area contributed by atoms with Gasteiger partial charge in [0.05, 0.1) is 0 Å². The van der Waals surface area contributed by atoms with E-state index in [2.05, 4.69) is 196 Å². The van der Waals surface area contributed by atoms with E-state index in [0.717, 1.165) is 0 Å². The number of aryl methyl sites for hydroxylation is 2. The highest BCUT2D eigenvalue weighted by molar-refractivity contribution is 6.34. The van der Waals surface area contributed by atoms with E-state index in [0.29, 0.717) is 0 Å². The fourth-order valence-corrected chi connectivity index (χ4v) is 8.27. The second kappa shape index (κ2) is 12.1. The normalized spacial score (nSPS) is 11.7. The predicted molar refractivity (Wildman–Crippen MR) is 225 cm³/mol. The molecule has 52 heavy (non-hydrogen) atoms. The van der Waals surface area contributed by atoms with Gasteiger partial charge in [-0.1, -0.05) is 169 Å². The Bertz CT molecular complexity index is 2770. The van der Waals surface area contributed by atoms with Crippen LogP contribution in [0.5, 0.6) is 0 Å². The molecule has 0 saturated carbocycles. The van der Waals surface area contributed by atoms with Crippen LogP contribution < -0.4 is 0 Å². The molecule has 0 radical (unpaired) electrons. The molecule has 0 heterocycles. The van der Waals surface area contributed by atoms with Crippen LogP contribution in [0, 0.1) is 13.8 Å². The Balaban J connectivity index is 1.35. The molecular formula is C52H36. The van der Waals surface area contributed by atoms with E-state index >= 15 is 0 Å². The molecule has 10 aromatic carbocycles. The Hall–Kier alpha value is -6.50. The van der Waals surface area contributed by atoms with Gasteiger partial charge >= 0.3 is 0 Å². The maximum absolute atomic E-state index is 2.42. The summed E-state index contributed by atoms with van der Waals surface area (Å²) in [7, 11) is 0. The van der Waals surface area contributed by atoms with E-state index in [9.17, 15) is 0 Å². The maximum Gasteiger partial charge on any atom is -0.00143 e. The van der Waals surface area contributed by atoms with Crippen LogP contribution in [-0.4, -0.2) is 0 Å². The molecule has 244 valence electrons. The third-order valence-electron chi connectivity index (χ3n) is 10.9. The van der Waals surface area contributed by atoms with Crippen molar-refractivity contribution in [2.75, 3.05) is 0 Å². The van der Waals surface area contributed by atoms with Crippen LogP contribution in [0.2, 0.25) is 0 Å². The molecule has 0 nitrogen and oxygen atoms in total.